The van der Waals surface area contributed by atoms with Gasteiger partial charge >= 0.3 is 0 Å². The van der Waals surface area contributed by atoms with Gasteiger partial charge in [-0.1, -0.05) is 27.7 Å². The molecule has 14 heavy (non-hydrogen) atoms. The van der Waals surface area contributed by atoms with Crippen LogP contribution in [0.5, 0.6) is 0 Å². The zero-order valence-corrected chi connectivity index (χ0v) is 10.5. The summed E-state index contributed by atoms with van der Waals surface area (Å²) in [5.41, 5.74) is 1.34. The largest absolute Gasteiger partial charge is 0.308 e. The Balaban J connectivity index is 2.88. The zero-order chi connectivity index (χ0) is 10.8. The van der Waals surface area contributed by atoms with Crippen molar-refractivity contribution < 1.29 is 0 Å². The molecule has 0 aliphatic carbocycles. The topological polar surface area (TPSA) is 24.9 Å². The molecule has 1 unspecified atom stereocenters. The highest BCUT2D eigenvalue weighted by Crippen LogP contribution is 2.34. The second kappa shape index (κ2) is 4.41. The van der Waals surface area contributed by atoms with Crippen molar-refractivity contribution in [2.24, 2.45) is 5.41 Å². The molecule has 80 valence electrons. The van der Waals surface area contributed by atoms with Gasteiger partial charge in [0.25, 0.3) is 0 Å². The quantitative estimate of drug-likeness (QED) is 0.832. The van der Waals surface area contributed by atoms with E-state index in [1.165, 1.54) is 5.01 Å². The van der Waals surface area contributed by atoms with E-state index < -0.39 is 0 Å². The molecule has 0 aromatic carbocycles. The van der Waals surface area contributed by atoms with Gasteiger partial charge in [0.1, 0.15) is 5.01 Å². The van der Waals surface area contributed by atoms with Crippen molar-refractivity contribution in [2.75, 3.05) is 6.54 Å². The van der Waals surface area contributed by atoms with E-state index in [4.69, 9.17) is 0 Å². The minimum atomic E-state index is 0.223. The van der Waals surface area contributed by atoms with Crippen LogP contribution in [0.1, 0.15) is 44.4 Å². The Hall–Kier alpha value is -0.410. The summed E-state index contributed by atoms with van der Waals surface area (Å²) in [5.74, 6) is 0. The van der Waals surface area contributed by atoms with Gasteiger partial charge in [-0.25, -0.2) is 4.98 Å². The predicted molar refractivity (Wildman–Crippen MR) is 62.7 cm³/mol. The fraction of sp³-hybridized carbons (Fsp3) is 0.727. The van der Waals surface area contributed by atoms with E-state index in [-0.39, 0.29) is 5.41 Å². The molecule has 0 bridgehead atoms. The average Bonchev–Trinajstić information content (AvgIpc) is 2.45. The van der Waals surface area contributed by atoms with Crippen LogP contribution in [0, 0.1) is 12.3 Å². The summed E-state index contributed by atoms with van der Waals surface area (Å²) in [6.45, 7) is 11.9. The Labute approximate surface area is 90.8 Å². The van der Waals surface area contributed by atoms with E-state index in [0.29, 0.717) is 6.04 Å². The summed E-state index contributed by atoms with van der Waals surface area (Å²) in [7, 11) is 0. The molecule has 0 fully saturated rings. The molecule has 0 saturated carbocycles. The number of hydrogen-bond donors (Lipinski definition) is 1. The van der Waals surface area contributed by atoms with Crippen LogP contribution in [-0.4, -0.2) is 11.5 Å². The Morgan fingerprint density at radius 2 is 2.14 bits per heavy atom. The first-order chi connectivity index (χ1) is 6.45. The Kier molecular flexibility index (Phi) is 3.67. The van der Waals surface area contributed by atoms with Crippen molar-refractivity contribution >= 4 is 11.3 Å². The van der Waals surface area contributed by atoms with E-state index in [1.54, 1.807) is 11.3 Å². The van der Waals surface area contributed by atoms with Gasteiger partial charge in [0.2, 0.25) is 0 Å². The van der Waals surface area contributed by atoms with Crippen LogP contribution in [0.4, 0.5) is 0 Å². The Morgan fingerprint density at radius 3 is 2.50 bits per heavy atom. The Morgan fingerprint density at radius 1 is 1.50 bits per heavy atom. The van der Waals surface area contributed by atoms with Crippen LogP contribution in [-0.2, 0) is 0 Å². The fourth-order valence-electron chi connectivity index (χ4n) is 1.47. The molecule has 1 atom stereocenters. The second-order valence-corrected chi connectivity index (χ2v) is 5.57. The van der Waals surface area contributed by atoms with Crippen LogP contribution >= 0.6 is 11.3 Å². The maximum absolute atomic E-state index is 4.55. The second-order valence-electron chi connectivity index (χ2n) is 4.68. The summed E-state index contributed by atoms with van der Waals surface area (Å²) in [6.07, 6.45) is 0. The molecule has 1 aromatic rings. The first-order valence-corrected chi connectivity index (χ1v) is 5.98. The first-order valence-electron chi connectivity index (χ1n) is 5.10. The van der Waals surface area contributed by atoms with Gasteiger partial charge in [0.05, 0.1) is 6.04 Å². The standard InChI is InChI=1S/C11H20N2S/c1-6-12-9(11(3,4)5)10-13-8(2)7-14-10/h7,9,12H,6H2,1-5H3. The minimum absolute atomic E-state index is 0.223. The highest BCUT2D eigenvalue weighted by molar-refractivity contribution is 7.09. The summed E-state index contributed by atoms with van der Waals surface area (Å²) >= 11 is 1.75. The predicted octanol–water partition coefficient (Wildman–Crippen LogP) is 3.15. The van der Waals surface area contributed by atoms with Crippen LogP contribution in [0.2, 0.25) is 0 Å². The van der Waals surface area contributed by atoms with Crippen molar-refractivity contribution in [2.45, 2.75) is 40.7 Å². The molecular weight excluding hydrogens is 192 g/mol. The lowest BCUT2D eigenvalue weighted by atomic mass is 9.87. The molecule has 0 amide bonds. The molecule has 1 heterocycles. The fourth-order valence-corrected chi connectivity index (χ4v) is 2.59. The molecule has 0 saturated heterocycles. The minimum Gasteiger partial charge on any atom is -0.308 e. The lowest BCUT2D eigenvalue weighted by molar-refractivity contribution is 0.276. The van der Waals surface area contributed by atoms with Gasteiger partial charge in [-0.2, -0.15) is 0 Å². The highest BCUT2D eigenvalue weighted by atomic mass is 32.1. The lowest BCUT2D eigenvalue weighted by Crippen LogP contribution is -2.32. The highest BCUT2D eigenvalue weighted by Gasteiger charge is 2.27. The molecule has 1 rings (SSSR count). The van der Waals surface area contributed by atoms with E-state index in [1.807, 2.05) is 6.92 Å². The van der Waals surface area contributed by atoms with E-state index in [2.05, 4.69) is 43.4 Å². The molecule has 0 aliphatic rings. The van der Waals surface area contributed by atoms with Gasteiger partial charge in [0, 0.05) is 11.1 Å². The van der Waals surface area contributed by atoms with Crippen LogP contribution in [0.25, 0.3) is 0 Å². The van der Waals surface area contributed by atoms with Gasteiger partial charge in [0.15, 0.2) is 0 Å². The van der Waals surface area contributed by atoms with Crippen molar-refractivity contribution in [3.63, 3.8) is 0 Å². The number of nitrogens with one attached hydrogen (secondary N) is 1. The van der Waals surface area contributed by atoms with E-state index in [9.17, 15) is 0 Å². The third-order valence-electron chi connectivity index (χ3n) is 2.16. The number of aromatic nitrogens is 1. The maximum Gasteiger partial charge on any atom is 0.110 e. The van der Waals surface area contributed by atoms with Gasteiger partial charge in [-0.3, -0.25) is 0 Å². The molecule has 1 N–H and O–H groups in total. The first kappa shape index (κ1) is 11.7. The summed E-state index contributed by atoms with van der Waals surface area (Å²) in [6, 6.07) is 0.367. The third-order valence-corrected chi connectivity index (χ3v) is 3.19. The number of hydrogen-bond acceptors (Lipinski definition) is 3. The third kappa shape index (κ3) is 2.79. The number of thiazole rings is 1. The smallest absolute Gasteiger partial charge is 0.110 e. The molecule has 0 aliphatic heterocycles. The summed E-state index contributed by atoms with van der Waals surface area (Å²) < 4.78 is 0. The van der Waals surface area contributed by atoms with Crippen molar-refractivity contribution in [1.82, 2.24) is 10.3 Å². The van der Waals surface area contributed by atoms with Crippen molar-refractivity contribution in [1.29, 1.82) is 0 Å². The normalized spacial score (nSPS) is 14.4. The van der Waals surface area contributed by atoms with Gasteiger partial charge in [-0.15, -0.1) is 11.3 Å². The zero-order valence-electron chi connectivity index (χ0n) is 9.72. The molecule has 2 nitrogen and oxygen atoms in total. The Bertz CT molecular complexity index is 286. The molecule has 1 aromatic heterocycles. The van der Waals surface area contributed by atoms with Crippen LogP contribution in [0.3, 0.4) is 0 Å². The monoisotopic (exact) mass is 212 g/mol. The summed E-state index contributed by atoms with van der Waals surface area (Å²) in [4.78, 5) is 4.55. The summed E-state index contributed by atoms with van der Waals surface area (Å²) in [5, 5.41) is 6.82. The van der Waals surface area contributed by atoms with Crippen molar-refractivity contribution in [3.05, 3.63) is 16.1 Å². The molecule has 0 spiro atoms. The van der Waals surface area contributed by atoms with Gasteiger partial charge < -0.3 is 5.32 Å². The SMILES string of the molecule is CCNC(c1nc(C)cs1)C(C)(C)C. The van der Waals surface area contributed by atoms with Crippen molar-refractivity contribution in [3.8, 4) is 0 Å². The maximum atomic E-state index is 4.55. The number of nitrogens with zero attached hydrogens (tertiary/aromatic N) is 1. The molecule has 0 radical (unpaired) electrons. The number of aryl methyl sites for hydroxylation is 1. The average molecular weight is 212 g/mol. The van der Waals surface area contributed by atoms with E-state index >= 15 is 0 Å². The van der Waals surface area contributed by atoms with Gasteiger partial charge in [-0.05, 0) is 18.9 Å². The van der Waals surface area contributed by atoms with Crippen LogP contribution < -0.4 is 5.32 Å². The molecule has 3 heteroatoms. The lowest BCUT2D eigenvalue weighted by Gasteiger charge is -2.29. The number of rotatable bonds is 3. The van der Waals surface area contributed by atoms with Crippen LogP contribution in [0.15, 0.2) is 5.38 Å². The molecular formula is C11H20N2S. The van der Waals surface area contributed by atoms with E-state index in [0.717, 1.165) is 12.2 Å².